The topological polar surface area (TPSA) is 14.1 Å². The molecule has 0 aromatic carbocycles. The van der Waals surface area contributed by atoms with Crippen molar-refractivity contribution in [1.82, 2.24) is 0 Å². The maximum atomic E-state index is 4.46. The molecule has 0 N–H and O–H groups in total. The zero-order chi connectivity index (χ0) is 6.85. The van der Waals surface area contributed by atoms with Crippen molar-refractivity contribution in [1.29, 1.82) is 0 Å². The molecule has 1 radical (unpaired) electrons. The Balaban J connectivity index is 0.000000810. The van der Waals surface area contributed by atoms with Crippen LogP contribution in [0.15, 0.2) is 0 Å². The second-order valence-electron chi connectivity index (χ2n) is 3.40. The quantitative estimate of drug-likeness (QED) is 0.652. The van der Waals surface area contributed by atoms with Crippen LogP contribution < -0.4 is 0 Å². The van der Waals surface area contributed by atoms with Crippen LogP contribution in [0.2, 0.25) is 0 Å². The van der Waals surface area contributed by atoms with Gasteiger partial charge in [0.1, 0.15) is 0 Å². The molecule has 0 spiro atoms. The van der Waals surface area contributed by atoms with Gasteiger partial charge < -0.3 is 5.32 Å². The van der Waals surface area contributed by atoms with Crippen LogP contribution in [0.3, 0.4) is 0 Å². The monoisotopic (exact) mass is 313 g/mol. The maximum absolute atomic E-state index is 4.46. The second kappa shape index (κ2) is 4.49. The summed E-state index contributed by atoms with van der Waals surface area (Å²) in [5, 5.41) is 4.46. The first-order valence-corrected chi connectivity index (χ1v) is 3.86. The predicted molar refractivity (Wildman–Crippen MR) is 40.6 cm³/mol. The first-order chi connectivity index (χ1) is 4.20. The van der Waals surface area contributed by atoms with Crippen LogP contribution in [0, 0.1) is 11.8 Å². The third-order valence-corrected chi connectivity index (χ3v) is 2.39. The van der Waals surface area contributed by atoms with E-state index in [1.165, 1.54) is 6.42 Å². The van der Waals surface area contributed by atoms with Crippen LogP contribution >= 0.6 is 0 Å². The molecule has 61 valence electrons. The van der Waals surface area contributed by atoms with Crippen molar-refractivity contribution in [3.8, 4) is 0 Å². The van der Waals surface area contributed by atoms with E-state index in [-0.39, 0.29) is 20.4 Å². The molecule has 2 heteroatoms. The molecular weight excluding hydrogens is 296 g/mol. The van der Waals surface area contributed by atoms with Gasteiger partial charge in [-0.25, -0.2) is 0 Å². The molecule has 0 aromatic rings. The summed E-state index contributed by atoms with van der Waals surface area (Å²) in [4.78, 5) is 0. The molecular formula is C8H16NRe-. The zero-order valence-corrected chi connectivity index (χ0v) is 9.69. The van der Waals surface area contributed by atoms with Gasteiger partial charge in [0, 0.05) is 20.4 Å². The maximum Gasteiger partial charge on any atom is 0 e. The van der Waals surface area contributed by atoms with Gasteiger partial charge in [-0.05, 0) is 5.92 Å². The fraction of sp³-hybridized carbons (Fsp3) is 1.00. The van der Waals surface area contributed by atoms with Crippen LogP contribution in [-0.2, 0) is 20.4 Å². The summed E-state index contributed by atoms with van der Waals surface area (Å²) in [6, 6.07) is 0.621. The van der Waals surface area contributed by atoms with E-state index in [1.54, 1.807) is 0 Å². The van der Waals surface area contributed by atoms with Crippen LogP contribution in [0.5, 0.6) is 0 Å². The number of hydrogen-bond donors (Lipinski definition) is 0. The molecule has 1 nitrogen and oxygen atoms in total. The molecule has 1 aliphatic heterocycles. The summed E-state index contributed by atoms with van der Waals surface area (Å²) in [7, 11) is 0. The molecule has 1 rings (SSSR count). The van der Waals surface area contributed by atoms with E-state index in [0.717, 1.165) is 18.4 Å². The fourth-order valence-electron chi connectivity index (χ4n) is 1.37. The number of piperidine rings is 1. The Morgan fingerprint density at radius 2 is 1.70 bits per heavy atom. The fourth-order valence-corrected chi connectivity index (χ4v) is 1.37. The van der Waals surface area contributed by atoms with E-state index in [9.17, 15) is 0 Å². The smallest absolute Gasteiger partial charge is 0 e. The van der Waals surface area contributed by atoms with Crippen LogP contribution in [-0.4, -0.2) is 12.6 Å². The minimum Gasteiger partial charge on any atom is -0.660 e. The second-order valence-corrected chi connectivity index (χ2v) is 3.40. The Bertz CT molecular complexity index is 95.3. The molecule has 1 fully saturated rings. The van der Waals surface area contributed by atoms with Crippen LogP contribution in [0.25, 0.3) is 5.32 Å². The molecule has 1 heterocycles. The van der Waals surface area contributed by atoms with Crippen molar-refractivity contribution in [2.75, 3.05) is 6.54 Å². The standard InChI is InChI=1S/C8H16N.Re/c1-6-4-8(3)9-5-7(6)2;/h6-8H,4-5H2,1-3H3;/q-1;. The molecule has 3 unspecified atom stereocenters. The van der Waals surface area contributed by atoms with Gasteiger partial charge in [-0.3, -0.25) is 0 Å². The van der Waals surface area contributed by atoms with E-state index in [1.807, 2.05) is 0 Å². The Morgan fingerprint density at radius 3 is 2.10 bits per heavy atom. The zero-order valence-electron chi connectivity index (χ0n) is 6.97. The molecule has 10 heavy (non-hydrogen) atoms. The molecule has 0 aliphatic carbocycles. The molecule has 0 amide bonds. The van der Waals surface area contributed by atoms with Crippen molar-refractivity contribution in [3.63, 3.8) is 0 Å². The Kier molecular flexibility index (Phi) is 4.77. The van der Waals surface area contributed by atoms with Gasteiger partial charge in [0.25, 0.3) is 0 Å². The summed E-state index contributed by atoms with van der Waals surface area (Å²) >= 11 is 0. The molecule has 1 saturated heterocycles. The van der Waals surface area contributed by atoms with Crippen molar-refractivity contribution in [2.45, 2.75) is 33.2 Å². The molecule has 0 bridgehead atoms. The summed E-state index contributed by atoms with van der Waals surface area (Å²) in [5.41, 5.74) is 0. The third-order valence-electron chi connectivity index (χ3n) is 2.39. The van der Waals surface area contributed by atoms with E-state index in [2.05, 4.69) is 26.1 Å². The van der Waals surface area contributed by atoms with Crippen molar-refractivity contribution in [3.05, 3.63) is 5.32 Å². The van der Waals surface area contributed by atoms with Gasteiger partial charge in [-0.2, -0.15) is 0 Å². The van der Waals surface area contributed by atoms with Gasteiger partial charge in [0.05, 0.1) is 0 Å². The summed E-state index contributed by atoms with van der Waals surface area (Å²) in [5.74, 6) is 1.71. The first kappa shape index (κ1) is 10.6. The summed E-state index contributed by atoms with van der Waals surface area (Å²) in [6.07, 6.45) is 1.29. The van der Waals surface area contributed by atoms with Crippen molar-refractivity contribution < 1.29 is 20.4 Å². The minimum atomic E-state index is 0. The van der Waals surface area contributed by atoms with Crippen molar-refractivity contribution >= 4 is 0 Å². The molecule has 1 aliphatic rings. The predicted octanol–water partition coefficient (Wildman–Crippen LogP) is 2.42. The summed E-state index contributed by atoms with van der Waals surface area (Å²) in [6.45, 7) is 7.92. The van der Waals surface area contributed by atoms with Gasteiger partial charge in [-0.15, -0.1) is 12.6 Å². The SMILES string of the molecule is CC1CC(C)C(C)C[N-]1.[Re]. The van der Waals surface area contributed by atoms with Crippen molar-refractivity contribution in [2.24, 2.45) is 11.8 Å². The first-order valence-electron chi connectivity index (χ1n) is 3.86. The van der Waals surface area contributed by atoms with E-state index in [0.29, 0.717) is 6.04 Å². The molecule has 0 saturated carbocycles. The average Bonchev–Trinajstić information content (AvgIpc) is 1.80. The number of hydrogen-bond acceptors (Lipinski definition) is 0. The Morgan fingerprint density at radius 1 is 1.10 bits per heavy atom. The van der Waals surface area contributed by atoms with Gasteiger partial charge in [-0.1, -0.05) is 33.1 Å². The number of nitrogens with zero attached hydrogens (tertiary/aromatic N) is 1. The van der Waals surface area contributed by atoms with Crippen LogP contribution in [0.4, 0.5) is 0 Å². The van der Waals surface area contributed by atoms with E-state index < -0.39 is 0 Å². The van der Waals surface area contributed by atoms with Gasteiger partial charge >= 0.3 is 0 Å². The minimum absolute atomic E-state index is 0. The third kappa shape index (κ3) is 2.70. The van der Waals surface area contributed by atoms with Gasteiger partial charge in [0.15, 0.2) is 0 Å². The largest absolute Gasteiger partial charge is 0.660 e. The molecule has 0 aromatic heterocycles. The Labute approximate surface area is 77.6 Å². The van der Waals surface area contributed by atoms with E-state index >= 15 is 0 Å². The van der Waals surface area contributed by atoms with E-state index in [4.69, 9.17) is 0 Å². The van der Waals surface area contributed by atoms with Gasteiger partial charge in [0.2, 0.25) is 0 Å². The normalized spacial score (nSPS) is 40.5. The molecule has 3 atom stereocenters. The van der Waals surface area contributed by atoms with Crippen LogP contribution in [0.1, 0.15) is 27.2 Å². The average molecular weight is 312 g/mol. The Hall–Kier alpha value is 0.622. The number of rotatable bonds is 0. The summed E-state index contributed by atoms with van der Waals surface area (Å²) < 4.78 is 0.